The molecule has 4 heteroatoms. The number of aliphatic hydroxyl groups is 1. The fraction of sp³-hybridized carbons (Fsp3) is 0.424. The van der Waals surface area contributed by atoms with Gasteiger partial charge in [0.1, 0.15) is 11.9 Å². The summed E-state index contributed by atoms with van der Waals surface area (Å²) >= 11 is 0. The van der Waals surface area contributed by atoms with Crippen molar-refractivity contribution in [2.75, 3.05) is 20.7 Å². The summed E-state index contributed by atoms with van der Waals surface area (Å²) in [5.41, 5.74) is 4.28. The summed E-state index contributed by atoms with van der Waals surface area (Å²) in [6, 6.07) is 16.1. The molecule has 0 saturated carbocycles. The monoisotopic (exact) mass is 507 g/mol. The van der Waals surface area contributed by atoms with Crippen LogP contribution in [0.1, 0.15) is 94.3 Å². The zero-order chi connectivity index (χ0) is 28.2. The molecule has 0 amide bonds. The zero-order valence-corrected chi connectivity index (χ0v) is 24.3. The van der Waals surface area contributed by atoms with E-state index < -0.39 is 0 Å². The Labute approximate surface area is 226 Å². The molecule has 1 aliphatic rings. The number of hydrogen-bond acceptors (Lipinski definition) is 4. The van der Waals surface area contributed by atoms with Crippen LogP contribution in [0, 0.1) is 0 Å². The Morgan fingerprint density at radius 3 is 2.35 bits per heavy atom. The van der Waals surface area contributed by atoms with Crippen molar-refractivity contribution < 1.29 is 14.6 Å². The number of aliphatic hydroxyl groups excluding tert-OH is 1. The van der Waals surface area contributed by atoms with Gasteiger partial charge >= 0.3 is 0 Å². The van der Waals surface area contributed by atoms with Crippen molar-refractivity contribution in [1.82, 2.24) is 4.90 Å². The quantitative estimate of drug-likeness (QED) is 0.364. The average molecular weight is 508 g/mol. The minimum Gasteiger partial charge on any atom is -0.484 e. The van der Waals surface area contributed by atoms with Gasteiger partial charge in [0.05, 0.1) is 6.54 Å². The highest BCUT2D eigenvalue weighted by molar-refractivity contribution is 5.99. The van der Waals surface area contributed by atoms with Crippen molar-refractivity contribution in [2.24, 2.45) is 0 Å². The molecule has 3 rings (SSSR count). The molecule has 0 saturated heterocycles. The number of benzene rings is 2. The number of Topliss-reactive ketones (excluding diaryl/α,β-unsaturated/α-hetero) is 1. The van der Waals surface area contributed by atoms with Gasteiger partial charge in [-0.2, -0.15) is 0 Å². The Kier molecular flexibility index (Phi) is 18.3. The Balaban J connectivity index is 0.00000169. The van der Waals surface area contributed by atoms with E-state index in [1.165, 1.54) is 12.0 Å². The molecule has 0 spiro atoms. The first-order valence-corrected chi connectivity index (χ1v) is 13.4. The summed E-state index contributed by atoms with van der Waals surface area (Å²) in [7, 11) is 2.99. The maximum atomic E-state index is 12.5. The average Bonchev–Trinajstić information content (AvgIpc) is 2.94. The van der Waals surface area contributed by atoms with Crippen molar-refractivity contribution in [2.45, 2.75) is 72.8 Å². The molecule has 0 fully saturated rings. The Bertz CT molecular complexity index is 963. The summed E-state index contributed by atoms with van der Waals surface area (Å²) in [4.78, 5) is 14.5. The van der Waals surface area contributed by atoms with Gasteiger partial charge in [0, 0.05) is 32.1 Å². The normalized spacial score (nSPS) is 15.0. The second kappa shape index (κ2) is 20.0. The van der Waals surface area contributed by atoms with Crippen molar-refractivity contribution in [3.63, 3.8) is 0 Å². The van der Waals surface area contributed by atoms with Crippen LogP contribution in [0.4, 0.5) is 0 Å². The first kappa shape index (κ1) is 33.9. The van der Waals surface area contributed by atoms with Crippen molar-refractivity contribution in [3.05, 3.63) is 102 Å². The third kappa shape index (κ3) is 11.2. The summed E-state index contributed by atoms with van der Waals surface area (Å²) < 4.78 is 6.45. The maximum absolute atomic E-state index is 12.5. The third-order valence-electron chi connectivity index (χ3n) is 5.68. The van der Waals surface area contributed by atoms with E-state index in [0.29, 0.717) is 13.0 Å². The number of allylic oxidation sites excluding steroid dienone is 4. The molecule has 4 nitrogen and oxygen atoms in total. The van der Waals surface area contributed by atoms with Gasteiger partial charge < -0.3 is 14.7 Å². The maximum Gasteiger partial charge on any atom is 0.163 e. The van der Waals surface area contributed by atoms with Gasteiger partial charge in [0.15, 0.2) is 5.78 Å². The molecule has 37 heavy (non-hydrogen) atoms. The molecule has 0 aromatic heterocycles. The van der Waals surface area contributed by atoms with Crippen LogP contribution in [-0.4, -0.2) is 36.5 Å². The van der Waals surface area contributed by atoms with Crippen LogP contribution in [0.5, 0.6) is 5.75 Å². The highest BCUT2D eigenvalue weighted by Gasteiger charge is 2.27. The van der Waals surface area contributed by atoms with Gasteiger partial charge in [0.25, 0.3) is 0 Å². The van der Waals surface area contributed by atoms with Crippen LogP contribution in [0.3, 0.4) is 0 Å². The second-order valence-corrected chi connectivity index (χ2v) is 8.55. The van der Waals surface area contributed by atoms with E-state index in [0.717, 1.165) is 36.0 Å². The lowest BCUT2D eigenvalue weighted by Crippen LogP contribution is -2.23. The third-order valence-corrected chi connectivity index (χ3v) is 5.68. The highest BCUT2D eigenvalue weighted by atomic mass is 16.5. The highest BCUT2D eigenvalue weighted by Crippen LogP contribution is 2.39. The molecule has 0 aliphatic heterocycles. The van der Waals surface area contributed by atoms with Gasteiger partial charge in [-0.15, -0.1) is 0 Å². The molecule has 0 bridgehead atoms. The Hall–Kier alpha value is -3.11. The standard InChI is InChI=1S/C27H31NO2.C3H8.C2H6.CH4O/c1-5-7-11-20(3)23-16-17-26(29)24-15-14-22(18-25(23)24)30-27(19-28(4)6-2)21-12-9-8-10-13-21;1-3-2;2*1-2/h5-15,18,23,27H,2,16-17,19H2,1,3-4H3;3H2,1-2H3;1-2H3;2H,1H3/b7-5-,20-11+;;;. The van der Waals surface area contributed by atoms with Crippen molar-refractivity contribution in [3.8, 4) is 5.75 Å². The number of likely N-dealkylation sites (N-methyl/N-ethyl adjacent to an activating group) is 1. The van der Waals surface area contributed by atoms with Crippen LogP contribution in [0.25, 0.3) is 0 Å². The molecule has 0 radical (unpaired) electrons. The zero-order valence-electron chi connectivity index (χ0n) is 24.3. The van der Waals surface area contributed by atoms with E-state index in [1.54, 1.807) is 6.20 Å². The van der Waals surface area contributed by atoms with E-state index in [1.807, 2.05) is 69.1 Å². The summed E-state index contributed by atoms with van der Waals surface area (Å²) in [5, 5.41) is 7.00. The number of hydrogen-bond donors (Lipinski definition) is 1. The molecular formula is C33H49NO3. The fourth-order valence-corrected chi connectivity index (χ4v) is 3.94. The lowest BCUT2D eigenvalue weighted by atomic mass is 9.78. The lowest BCUT2D eigenvalue weighted by molar-refractivity contribution is 0.0969. The first-order valence-electron chi connectivity index (χ1n) is 13.4. The molecule has 1 N–H and O–H groups in total. The van der Waals surface area contributed by atoms with Crippen molar-refractivity contribution >= 4 is 5.78 Å². The largest absolute Gasteiger partial charge is 0.484 e. The smallest absolute Gasteiger partial charge is 0.163 e. The number of fused-ring (bicyclic) bond motifs is 1. The number of ketones is 1. The summed E-state index contributed by atoms with van der Waals surface area (Å²) in [5.74, 6) is 1.25. The molecule has 2 atom stereocenters. The summed E-state index contributed by atoms with van der Waals surface area (Å²) in [6.07, 6.45) is 10.6. The van der Waals surface area contributed by atoms with Crippen molar-refractivity contribution in [1.29, 1.82) is 0 Å². The number of rotatable bonds is 8. The molecule has 0 heterocycles. The number of nitrogens with zero attached hydrogens (tertiary/aromatic N) is 1. The van der Waals surface area contributed by atoms with E-state index in [-0.39, 0.29) is 17.8 Å². The van der Waals surface area contributed by atoms with E-state index in [2.05, 4.69) is 57.7 Å². The minimum absolute atomic E-state index is 0.135. The molecule has 2 unspecified atom stereocenters. The molecule has 204 valence electrons. The van der Waals surface area contributed by atoms with E-state index >= 15 is 0 Å². The predicted molar refractivity (Wildman–Crippen MR) is 159 cm³/mol. The van der Waals surface area contributed by atoms with Gasteiger partial charge in [-0.05, 0) is 55.8 Å². The Morgan fingerprint density at radius 1 is 1.16 bits per heavy atom. The second-order valence-electron chi connectivity index (χ2n) is 8.55. The van der Waals surface area contributed by atoms with Gasteiger partial charge in [-0.25, -0.2) is 0 Å². The van der Waals surface area contributed by atoms with Gasteiger partial charge in [0.2, 0.25) is 0 Å². The van der Waals surface area contributed by atoms with Crippen LogP contribution < -0.4 is 4.74 Å². The number of ether oxygens (including phenoxy) is 1. The first-order chi connectivity index (χ1) is 17.9. The molecule has 2 aromatic rings. The number of carbonyl (C=O) groups excluding carboxylic acids is 1. The fourth-order valence-electron chi connectivity index (χ4n) is 3.94. The Morgan fingerprint density at radius 2 is 1.78 bits per heavy atom. The number of carbonyl (C=O) groups is 1. The SMILES string of the molecule is C=CN(C)CC(Oc1ccc2c(c1)C(/C(C)=C/C=C\C)CCC2=O)c1ccccc1.CC.CCC.CO. The topological polar surface area (TPSA) is 49.8 Å². The van der Waals surface area contributed by atoms with Crippen LogP contribution in [0.2, 0.25) is 0 Å². The van der Waals surface area contributed by atoms with Gasteiger partial charge in [-0.1, -0.05) is 94.8 Å². The van der Waals surface area contributed by atoms with Crippen LogP contribution >= 0.6 is 0 Å². The van der Waals surface area contributed by atoms with Gasteiger partial charge in [-0.3, -0.25) is 4.79 Å². The molecular weight excluding hydrogens is 458 g/mol. The predicted octanol–water partition coefficient (Wildman–Crippen LogP) is 8.52. The van der Waals surface area contributed by atoms with Crippen LogP contribution in [-0.2, 0) is 0 Å². The van der Waals surface area contributed by atoms with Crippen LogP contribution in [0.15, 0.2) is 85.1 Å². The molecule has 2 aromatic carbocycles. The van der Waals surface area contributed by atoms with E-state index in [4.69, 9.17) is 9.84 Å². The summed E-state index contributed by atoms with van der Waals surface area (Å²) in [6.45, 7) is 16.9. The lowest BCUT2D eigenvalue weighted by Gasteiger charge is -2.28. The minimum atomic E-state index is -0.135. The molecule has 1 aliphatic carbocycles. The van der Waals surface area contributed by atoms with E-state index in [9.17, 15) is 4.79 Å².